The standard InChI is InChI=1S/C13H14N2O6/c1-9(14-7-6-12(14)16)21-13(17)20-8-10-2-4-11(5-3-10)15(18)19/h2-5,9H,6-8H2,1H3/t9-/m1/s1. The Morgan fingerprint density at radius 2 is 2.10 bits per heavy atom. The molecule has 0 aromatic heterocycles. The van der Waals surface area contributed by atoms with Gasteiger partial charge in [0, 0.05) is 25.1 Å². The first kappa shape index (κ1) is 14.8. The number of hydrogen-bond acceptors (Lipinski definition) is 6. The SMILES string of the molecule is C[C@@H](OC(=O)OCc1ccc([N+](=O)[O-])cc1)N1CCC1=O. The fourth-order valence-electron chi connectivity index (χ4n) is 1.81. The molecule has 21 heavy (non-hydrogen) atoms. The van der Waals surface area contributed by atoms with E-state index in [1.165, 1.54) is 29.2 Å². The Bertz CT molecular complexity index is 556. The summed E-state index contributed by atoms with van der Waals surface area (Å²) in [5.41, 5.74) is 0.566. The molecular weight excluding hydrogens is 280 g/mol. The molecule has 112 valence electrons. The highest BCUT2D eigenvalue weighted by Crippen LogP contribution is 2.15. The third-order valence-electron chi connectivity index (χ3n) is 3.10. The number of benzene rings is 1. The van der Waals surface area contributed by atoms with Gasteiger partial charge >= 0.3 is 6.16 Å². The third kappa shape index (κ3) is 3.68. The summed E-state index contributed by atoms with van der Waals surface area (Å²) in [7, 11) is 0. The zero-order valence-corrected chi connectivity index (χ0v) is 11.4. The maximum atomic E-state index is 11.5. The van der Waals surface area contributed by atoms with Crippen LogP contribution in [0.1, 0.15) is 18.9 Å². The van der Waals surface area contributed by atoms with Crippen molar-refractivity contribution >= 4 is 17.7 Å². The lowest BCUT2D eigenvalue weighted by molar-refractivity contribution is -0.384. The molecule has 1 amide bonds. The minimum Gasteiger partial charge on any atom is -0.429 e. The first-order valence-corrected chi connectivity index (χ1v) is 6.33. The first-order valence-electron chi connectivity index (χ1n) is 6.33. The smallest absolute Gasteiger partial charge is 0.429 e. The second-order valence-corrected chi connectivity index (χ2v) is 4.52. The second-order valence-electron chi connectivity index (χ2n) is 4.52. The molecule has 1 fully saturated rings. The van der Waals surface area contributed by atoms with Crippen molar-refractivity contribution in [3.8, 4) is 0 Å². The van der Waals surface area contributed by atoms with Gasteiger partial charge in [-0.15, -0.1) is 0 Å². The van der Waals surface area contributed by atoms with Crippen molar-refractivity contribution < 1.29 is 24.0 Å². The van der Waals surface area contributed by atoms with E-state index in [4.69, 9.17) is 9.47 Å². The summed E-state index contributed by atoms with van der Waals surface area (Å²) in [6.07, 6.45) is -1.08. The number of amides is 1. The largest absolute Gasteiger partial charge is 0.510 e. The van der Waals surface area contributed by atoms with Gasteiger partial charge in [-0.05, 0) is 24.6 Å². The first-order chi connectivity index (χ1) is 9.97. The summed E-state index contributed by atoms with van der Waals surface area (Å²) in [6, 6.07) is 5.64. The van der Waals surface area contributed by atoms with E-state index in [9.17, 15) is 19.7 Å². The molecule has 1 aliphatic heterocycles. The maximum Gasteiger partial charge on any atom is 0.510 e. The van der Waals surface area contributed by atoms with Gasteiger partial charge in [0.05, 0.1) is 4.92 Å². The Morgan fingerprint density at radius 1 is 1.43 bits per heavy atom. The zero-order valence-electron chi connectivity index (χ0n) is 11.4. The number of rotatable bonds is 5. The van der Waals surface area contributed by atoms with Gasteiger partial charge < -0.3 is 14.4 Å². The van der Waals surface area contributed by atoms with Crippen LogP contribution in [0.25, 0.3) is 0 Å². The Kier molecular flexibility index (Phi) is 4.36. The Morgan fingerprint density at radius 3 is 2.57 bits per heavy atom. The summed E-state index contributed by atoms with van der Waals surface area (Å²) < 4.78 is 9.83. The average Bonchev–Trinajstić information content (AvgIpc) is 2.43. The molecule has 2 rings (SSSR count). The Hall–Kier alpha value is -2.64. The molecule has 0 bridgehead atoms. The molecule has 1 aromatic carbocycles. The molecular formula is C13H14N2O6. The van der Waals surface area contributed by atoms with Crippen LogP contribution in [0.15, 0.2) is 24.3 Å². The molecule has 0 radical (unpaired) electrons. The minimum atomic E-state index is -0.888. The van der Waals surface area contributed by atoms with Gasteiger partial charge in [-0.25, -0.2) is 4.79 Å². The van der Waals surface area contributed by atoms with Gasteiger partial charge in [0.15, 0.2) is 6.23 Å². The normalized spacial score (nSPS) is 15.1. The summed E-state index contributed by atoms with van der Waals surface area (Å²) in [4.78, 5) is 34.0. The van der Waals surface area contributed by atoms with E-state index < -0.39 is 17.3 Å². The summed E-state index contributed by atoms with van der Waals surface area (Å²) >= 11 is 0. The van der Waals surface area contributed by atoms with Gasteiger partial charge in [-0.3, -0.25) is 14.9 Å². The molecule has 8 nitrogen and oxygen atoms in total. The third-order valence-corrected chi connectivity index (χ3v) is 3.10. The maximum absolute atomic E-state index is 11.5. The average molecular weight is 294 g/mol. The number of ether oxygens (including phenoxy) is 2. The van der Waals surface area contributed by atoms with E-state index in [1.54, 1.807) is 6.92 Å². The Labute approximate surface area is 120 Å². The van der Waals surface area contributed by atoms with Gasteiger partial charge in [0.1, 0.15) is 6.61 Å². The molecule has 0 N–H and O–H groups in total. The number of nitro benzene ring substituents is 1. The van der Waals surface area contributed by atoms with Crippen LogP contribution >= 0.6 is 0 Å². The fourth-order valence-corrected chi connectivity index (χ4v) is 1.81. The van der Waals surface area contributed by atoms with Crippen LogP contribution in [0.3, 0.4) is 0 Å². The molecule has 1 heterocycles. The van der Waals surface area contributed by atoms with Crippen LogP contribution in [-0.4, -0.2) is 34.7 Å². The molecule has 0 aliphatic carbocycles. The van der Waals surface area contributed by atoms with E-state index in [0.717, 1.165) is 0 Å². The van der Waals surface area contributed by atoms with Crippen LogP contribution in [0.4, 0.5) is 10.5 Å². The van der Waals surface area contributed by atoms with Crippen molar-refractivity contribution in [3.63, 3.8) is 0 Å². The quantitative estimate of drug-likeness (QED) is 0.355. The van der Waals surface area contributed by atoms with E-state index in [-0.39, 0.29) is 18.2 Å². The van der Waals surface area contributed by atoms with Gasteiger partial charge in [-0.2, -0.15) is 0 Å². The van der Waals surface area contributed by atoms with Gasteiger partial charge in [0.2, 0.25) is 5.91 Å². The van der Waals surface area contributed by atoms with Crippen molar-refractivity contribution in [1.29, 1.82) is 0 Å². The predicted molar refractivity (Wildman–Crippen MR) is 70.2 cm³/mol. The van der Waals surface area contributed by atoms with Crippen molar-refractivity contribution in [3.05, 3.63) is 39.9 Å². The van der Waals surface area contributed by atoms with Crippen LogP contribution in [0.5, 0.6) is 0 Å². The monoisotopic (exact) mass is 294 g/mol. The lowest BCUT2D eigenvalue weighted by Gasteiger charge is -2.34. The number of nitrogens with zero attached hydrogens (tertiary/aromatic N) is 2. The number of nitro groups is 1. The minimum absolute atomic E-state index is 0.0359. The second kappa shape index (κ2) is 6.21. The van der Waals surface area contributed by atoms with E-state index in [0.29, 0.717) is 18.5 Å². The van der Waals surface area contributed by atoms with Crippen molar-refractivity contribution in [2.75, 3.05) is 6.54 Å². The fraction of sp³-hybridized carbons (Fsp3) is 0.385. The zero-order chi connectivity index (χ0) is 15.4. The van der Waals surface area contributed by atoms with Crippen LogP contribution < -0.4 is 0 Å². The van der Waals surface area contributed by atoms with Gasteiger partial charge in [-0.1, -0.05) is 0 Å². The lowest BCUT2D eigenvalue weighted by atomic mass is 10.2. The number of carbonyl (C=O) groups excluding carboxylic acids is 2. The molecule has 1 aromatic rings. The number of likely N-dealkylation sites (tertiary alicyclic amines) is 1. The lowest BCUT2D eigenvalue weighted by Crippen LogP contribution is -2.50. The number of β-lactam (4-membered cyclic amide) rings is 1. The molecule has 0 saturated carbocycles. The molecule has 0 unspecified atom stereocenters. The summed E-state index contributed by atoms with van der Waals surface area (Å²) in [6.45, 7) is 2.09. The highest BCUT2D eigenvalue weighted by Gasteiger charge is 2.30. The topological polar surface area (TPSA) is 99.0 Å². The number of hydrogen-bond donors (Lipinski definition) is 0. The highest BCUT2D eigenvalue weighted by molar-refractivity contribution is 5.82. The molecule has 0 spiro atoms. The Balaban J connectivity index is 1.78. The molecule has 8 heteroatoms. The predicted octanol–water partition coefficient (Wildman–Crippen LogP) is 1.83. The van der Waals surface area contributed by atoms with Crippen molar-refractivity contribution in [2.24, 2.45) is 0 Å². The van der Waals surface area contributed by atoms with Crippen LogP contribution in [0, 0.1) is 10.1 Å². The molecule has 1 saturated heterocycles. The van der Waals surface area contributed by atoms with Crippen molar-refractivity contribution in [2.45, 2.75) is 26.2 Å². The molecule has 1 atom stereocenters. The van der Waals surface area contributed by atoms with Crippen LogP contribution in [0.2, 0.25) is 0 Å². The van der Waals surface area contributed by atoms with E-state index >= 15 is 0 Å². The number of non-ortho nitro benzene ring substituents is 1. The highest BCUT2D eigenvalue weighted by atomic mass is 16.7. The summed E-state index contributed by atoms with van der Waals surface area (Å²) in [5, 5.41) is 10.5. The van der Waals surface area contributed by atoms with Crippen LogP contribution in [-0.2, 0) is 20.9 Å². The van der Waals surface area contributed by atoms with E-state index in [2.05, 4.69) is 0 Å². The van der Waals surface area contributed by atoms with Gasteiger partial charge in [0.25, 0.3) is 5.69 Å². The number of carbonyl (C=O) groups is 2. The van der Waals surface area contributed by atoms with Crippen molar-refractivity contribution in [1.82, 2.24) is 4.90 Å². The van der Waals surface area contributed by atoms with E-state index in [1.807, 2.05) is 0 Å². The molecule has 1 aliphatic rings. The summed E-state index contributed by atoms with van der Waals surface area (Å²) in [5.74, 6) is -0.0642.